The summed E-state index contributed by atoms with van der Waals surface area (Å²) >= 11 is 6.28. The van der Waals surface area contributed by atoms with Gasteiger partial charge in [-0.1, -0.05) is 29.8 Å². The quantitative estimate of drug-likeness (QED) is 0.826. The van der Waals surface area contributed by atoms with Gasteiger partial charge in [-0.25, -0.2) is 0 Å². The lowest BCUT2D eigenvalue weighted by atomic mass is 9.93. The average molecular weight is 388 g/mol. The number of carbonyl (C=O) groups excluding carboxylic acids is 2. The summed E-state index contributed by atoms with van der Waals surface area (Å²) in [6.07, 6.45) is 1.80. The van der Waals surface area contributed by atoms with Gasteiger partial charge in [-0.3, -0.25) is 14.4 Å². The number of hydrogen-bond acceptors (Lipinski definition) is 4. The van der Waals surface area contributed by atoms with Crippen molar-refractivity contribution in [2.75, 3.05) is 20.6 Å². The molecule has 142 valence electrons. The third-order valence-corrected chi connectivity index (χ3v) is 5.19. The van der Waals surface area contributed by atoms with Gasteiger partial charge in [0.15, 0.2) is 5.78 Å². The molecule has 1 aromatic heterocycles. The molecule has 0 spiro atoms. The predicted octanol–water partition coefficient (Wildman–Crippen LogP) is 2.58. The van der Waals surface area contributed by atoms with Crippen LogP contribution in [0.15, 0.2) is 35.1 Å². The highest BCUT2D eigenvalue weighted by Crippen LogP contribution is 2.25. The number of halogens is 1. The van der Waals surface area contributed by atoms with Crippen LogP contribution in [0.5, 0.6) is 0 Å². The number of amides is 1. The number of carbonyl (C=O) groups is 2. The van der Waals surface area contributed by atoms with E-state index in [1.165, 1.54) is 6.07 Å². The zero-order valence-electron chi connectivity index (χ0n) is 15.3. The number of H-pyrrole nitrogens is 1. The van der Waals surface area contributed by atoms with Crippen LogP contribution in [0.3, 0.4) is 0 Å². The van der Waals surface area contributed by atoms with E-state index in [2.05, 4.69) is 10.3 Å². The van der Waals surface area contributed by atoms with E-state index in [0.717, 1.165) is 12.0 Å². The van der Waals surface area contributed by atoms with Gasteiger partial charge in [0, 0.05) is 29.2 Å². The first kappa shape index (κ1) is 19.3. The van der Waals surface area contributed by atoms with E-state index < -0.39 is 11.5 Å². The largest absolute Gasteiger partial charge is 0.350 e. The molecule has 6 nitrogen and oxygen atoms in total. The number of aromatic nitrogens is 1. The third-order valence-electron chi connectivity index (χ3n) is 4.84. The molecule has 0 aliphatic heterocycles. The van der Waals surface area contributed by atoms with Crippen LogP contribution in [-0.2, 0) is 6.42 Å². The molecule has 1 amide bonds. The highest BCUT2D eigenvalue weighted by Gasteiger charge is 2.23. The van der Waals surface area contributed by atoms with Gasteiger partial charge in [0.2, 0.25) is 0 Å². The molecule has 1 atom stereocenters. The summed E-state index contributed by atoms with van der Waals surface area (Å²) < 4.78 is 0. The Morgan fingerprint density at radius 1 is 1.26 bits per heavy atom. The van der Waals surface area contributed by atoms with E-state index in [1.54, 1.807) is 6.07 Å². The zero-order chi connectivity index (χ0) is 19.6. The second-order valence-electron chi connectivity index (χ2n) is 6.89. The minimum atomic E-state index is -0.503. The maximum Gasteiger partial charge on any atom is 0.261 e. The second-order valence-corrected chi connectivity index (χ2v) is 7.30. The van der Waals surface area contributed by atoms with Crippen molar-refractivity contribution in [3.8, 4) is 0 Å². The van der Waals surface area contributed by atoms with Crippen LogP contribution < -0.4 is 10.9 Å². The third kappa shape index (κ3) is 4.12. The summed E-state index contributed by atoms with van der Waals surface area (Å²) in [7, 11) is 3.79. The topological polar surface area (TPSA) is 82.3 Å². The number of hydrogen-bond donors (Lipinski definition) is 2. The Morgan fingerprint density at radius 3 is 2.70 bits per heavy atom. The zero-order valence-corrected chi connectivity index (χ0v) is 16.1. The van der Waals surface area contributed by atoms with Crippen LogP contribution in [0.1, 0.15) is 50.9 Å². The minimum absolute atomic E-state index is 0.0382. The molecule has 7 heteroatoms. The summed E-state index contributed by atoms with van der Waals surface area (Å²) in [5, 5.41) is 3.41. The maximum absolute atomic E-state index is 12.6. The van der Waals surface area contributed by atoms with E-state index in [4.69, 9.17) is 11.6 Å². The molecule has 3 rings (SSSR count). The van der Waals surface area contributed by atoms with Crippen LogP contribution in [0.2, 0.25) is 5.02 Å². The molecule has 0 bridgehead atoms. The van der Waals surface area contributed by atoms with Crippen LogP contribution in [0, 0.1) is 0 Å². The molecule has 2 aromatic rings. The van der Waals surface area contributed by atoms with Gasteiger partial charge in [-0.2, -0.15) is 0 Å². The van der Waals surface area contributed by atoms with E-state index in [9.17, 15) is 14.4 Å². The van der Waals surface area contributed by atoms with Gasteiger partial charge in [0.05, 0.1) is 6.04 Å². The Balaban J connectivity index is 1.81. The molecule has 0 saturated heterocycles. The number of nitrogens with one attached hydrogen (secondary N) is 2. The fraction of sp³-hybridized carbons (Fsp3) is 0.350. The second kappa shape index (κ2) is 8.06. The molecule has 1 unspecified atom stereocenters. The highest BCUT2D eigenvalue weighted by atomic mass is 35.5. The van der Waals surface area contributed by atoms with Crippen molar-refractivity contribution >= 4 is 23.3 Å². The number of aryl methyl sites for hydroxylation is 1. The fourth-order valence-corrected chi connectivity index (χ4v) is 3.61. The fourth-order valence-electron chi connectivity index (χ4n) is 3.34. The van der Waals surface area contributed by atoms with E-state index in [-0.39, 0.29) is 23.9 Å². The number of aromatic amines is 1. The van der Waals surface area contributed by atoms with Crippen LogP contribution in [0.4, 0.5) is 0 Å². The first-order valence-corrected chi connectivity index (χ1v) is 9.24. The number of rotatable bonds is 5. The Hall–Kier alpha value is -2.44. The van der Waals surface area contributed by atoms with E-state index >= 15 is 0 Å². The molecule has 1 aromatic carbocycles. The van der Waals surface area contributed by atoms with Crippen LogP contribution >= 0.6 is 11.6 Å². The molecular weight excluding hydrogens is 366 g/mol. The Morgan fingerprint density at radius 2 is 2.00 bits per heavy atom. The van der Waals surface area contributed by atoms with Gasteiger partial charge < -0.3 is 15.2 Å². The van der Waals surface area contributed by atoms with Crippen molar-refractivity contribution in [3.63, 3.8) is 0 Å². The number of nitrogens with zero attached hydrogens (tertiary/aromatic N) is 1. The van der Waals surface area contributed by atoms with Crippen molar-refractivity contribution in [1.29, 1.82) is 0 Å². The number of Topliss-reactive ketones (excluding diaryl/α,β-unsaturated/α-hetero) is 1. The standard InChI is InChI=1S/C20H22ClN3O3/c1-24(2)17(12-6-3-4-7-15(12)21)11-22-19(26)14-10-13-16(23-20(14)27)8-5-9-18(13)25/h3-4,6-7,10,17H,5,8-9,11H2,1-2H3,(H,22,26)(H,23,27). The van der Waals surface area contributed by atoms with E-state index in [0.29, 0.717) is 29.1 Å². The number of likely N-dealkylation sites (N-methyl/N-ethyl adjacent to an activating group) is 1. The molecule has 1 aliphatic rings. The summed E-state index contributed by atoms with van der Waals surface area (Å²) in [5.74, 6) is -0.542. The van der Waals surface area contributed by atoms with Gasteiger partial charge in [0.25, 0.3) is 11.5 Å². The van der Waals surface area contributed by atoms with Crippen molar-refractivity contribution < 1.29 is 9.59 Å². The molecular formula is C20H22ClN3O3. The monoisotopic (exact) mass is 387 g/mol. The normalized spacial score (nSPS) is 14.7. The number of ketones is 1. The van der Waals surface area contributed by atoms with Crippen LogP contribution in [0.25, 0.3) is 0 Å². The van der Waals surface area contributed by atoms with Gasteiger partial charge in [-0.15, -0.1) is 0 Å². The molecule has 1 aliphatic carbocycles. The first-order chi connectivity index (χ1) is 12.9. The Bertz CT molecular complexity index is 936. The van der Waals surface area contributed by atoms with Gasteiger partial charge >= 0.3 is 0 Å². The maximum atomic E-state index is 12.6. The predicted molar refractivity (Wildman–Crippen MR) is 105 cm³/mol. The lowest BCUT2D eigenvalue weighted by molar-refractivity contribution is 0.0940. The van der Waals surface area contributed by atoms with Crippen molar-refractivity contribution in [2.45, 2.75) is 25.3 Å². The van der Waals surface area contributed by atoms with Crippen LogP contribution in [-0.4, -0.2) is 42.2 Å². The van der Waals surface area contributed by atoms with Crippen molar-refractivity contribution in [2.24, 2.45) is 0 Å². The molecule has 0 fully saturated rings. The summed E-state index contributed by atoms with van der Waals surface area (Å²) in [5.41, 5.74) is 1.44. The average Bonchev–Trinajstić information content (AvgIpc) is 2.62. The minimum Gasteiger partial charge on any atom is -0.350 e. The van der Waals surface area contributed by atoms with E-state index in [1.807, 2.05) is 37.2 Å². The number of benzene rings is 1. The Kier molecular flexibility index (Phi) is 5.77. The molecule has 0 radical (unpaired) electrons. The van der Waals surface area contributed by atoms with Gasteiger partial charge in [0.1, 0.15) is 5.56 Å². The lowest BCUT2D eigenvalue weighted by Gasteiger charge is -2.26. The highest BCUT2D eigenvalue weighted by molar-refractivity contribution is 6.31. The molecule has 0 saturated carbocycles. The number of pyridine rings is 1. The lowest BCUT2D eigenvalue weighted by Crippen LogP contribution is -2.37. The summed E-state index contributed by atoms with van der Waals surface area (Å²) in [6.45, 7) is 0.278. The van der Waals surface area contributed by atoms with Crippen molar-refractivity contribution in [1.82, 2.24) is 15.2 Å². The molecule has 2 N–H and O–H groups in total. The first-order valence-electron chi connectivity index (χ1n) is 8.87. The molecule has 27 heavy (non-hydrogen) atoms. The summed E-state index contributed by atoms with van der Waals surface area (Å²) in [6, 6.07) is 8.71. The SMILES string of the molecule is CN(C)C(CNC(=O)c1cc2c([nH]c1=O)CCCC2=O)c1ccccc1Cl. The smallest absolute Gasteiger partial charge is 0.261 e. The number of fused-ring (bicyclic) bond motifs is 1. The molecule has 1 heterocycles. The Labute approximate surface area is 162 Å². The summed E-state index contributed by atoms with van der Waals surface area (Å²) in [4.78, 5) is 41.6. The van der Waals surface area contributed by atoms with Crippen molar-refractivity contribution in [3.05, 3.63) is 68.1 Å². The van der Waals surface area contributed by atoms with Gasteiger partial charge in [-0.05, 0) is 44.6 Å².